The maximum absolute atomic E-state index is 9.58. The van der Waals surface area contributed by atoms with Crippen molar-refractivity contribution in [3.63, 3.8) is 0 Å². The van der Waals surface area contributed by atoms with Gasteiger partial charge in [0.25, 0.3) is 0 Å². The van der Waals surface area contributed by atoms with E-state index < -0.39 is 0 Å². The van der Waals surface area contributed by atoms with Gasteiger partial charge < -0.3 is 4.74 Å². The number of allylic oxidation sites excluding steroid dienone is 2. The van der Waals surface area contributed by atoms with Crippen LogP contribution < -0.4 is 4.74 Å². The van der Waals surface area contributed by atoms with Gasteiger partial charge in [-0.15, -0.1) is 0 Å². The second-order valence-corrected chi connectivity index (χ2v) is 11.5. The van der Waals surface area contributed by atoms with Crippen molar-refractivity contribution in [1.29, 1.82) is 5.26 Å². The topological polar surface area (TPSA) is 71.7 Å². The van der Waals surface area contributed by atoms with Gasteiger partial charge in [0.1, 0.15) is 11.9 Å². The fourth-order valence-corrected chi connectivity index (χ4v) is 6.69. The molecule has 5 heteroatoms. The minimum Gasteiger partial charge on any atom is -0.484 e. The predicted octanol–water partition coefficient (Wildman–Crippen LogP) is 9.17. The molecule has 0 saturated heterocycles. The first-order chi connectivity index (χ1) is 22.2. The molecule has 2 aliphatic rings. The Hall–Kier alpha value is -6.12. The lowest BCUT2D eigenvalue weighted by molar-refractivity contribution is 0.269. The molecule has 0 amide bonds. The van der Waals surface area contributed by atoms with Crippen LogP contribution >= 0.6 is 0 Å². The summed E-state index contributed by atoms with van der Waals surface area (Å²) in [5.41, 5.74) is 4.14. The van der Waals surface area contributed by atoms with Gasteiger partial charge in [-0.25, -0.2) is 15.0 Å². The summed E-state index contributed by atoms with van der Waals surface area (Å²) in [7, 11) is 0. The molecule has 5 nitrogen and oxygen atoms in total. The molecule has 9 rings (SSSR count). The summed E-state index contributed by atoms with van der Waals surface area (Å²) in [6.45, 7) is 0. The number of benzene rings is 6. The fraction of sp³-hybridized carbons (Fsp3) is 0.0500. The van der Waals surface area contributed by atoms with E-state index in [0.29, 0.717) is 23.0 Å². The summed E-state index contributed by atoms with van der Waals surface area (Å²) in [6.07, 6.45) is 8.32. The number of hydrogen-bond donors (Lipinski definition) is 0. The summed E-state index contributed by atoms with van der Waals surface area (Å²) >= 11 is 0. The number of aromatic nitrogens is 3. The van der Waals surface area contributed by atoms with Crippen molar-refractivity contribution >= 4 is 32.3 Å². The van der Waals surface area contributed by atoms with Crippen molar-refractivity contribution in [2.45, 2.75) is 12.0 Å². The third-order valence-corrected chi connectivity index (χ3v) is 8.87. The zero-order valence-electron chi connectivity index (χ0n) is 24.1. The van der Waals surface area contributed by atoms with Crippen molar-refractivity contribution in [2.24, 2.45) is 0 Å². The molecule has 0 saturated carbocycles. The van der Waals surface area contributed by atoms with Crippen molar-refractivity contribution in [3.8, 4) is 46.0 Å². The maximum atomic E-state index is 9.58. The number of ether oxygens (including phenoxy) is 1. The molecule has 45 heavy (non-hydrogen) atoms. The average molecular weight is 577 g/mol. The lowest BCUT2D eigenvalue weighted by atomic mass is 9.91. The number of para-hydroxylation sites is 1. The first-order valence-electron chi connectivity index (χ1n) is 15.0. The third-order valence-electron chi connectivity index (χ3n) is 8.87. The molecule has 0 radical (unpaired) electrons. The predicted molar refractivity (Wildman–Crippen MR) is 179 cm³/mol. The number of hydrogen-bond acceptors (Lipinski definition) is 5. The standard InChI is InChI=1S/C40H24N4O/c41-23-24-7-5-9-27(21-24)38-42-39(44-40(43-38)35-13-6-12-34-33-11-3-4-14-36(33)45-37(34)35)28-17-18-30-26(22-28)16-20-31-29-10-2-1-8-25(29)15-19-32(30)31/h1-22,33,36H. The highest BCUT2D eigenvalue weighted by Gasteiger charge is 2.34. The van der Waals surface area contributed by atoms with Gasteiger partial charge in [0.05, 0.1) is 17.2 Å². The van der Waals surface area contributed by atoms with Gasteiger partial charge in [-0.2, -0.15) is 5.26 Å². The molecular weight excluding hydrogens is 552 g/mol. The van der Waals surface area contributed by atoms with Crippen molar-refractivity contribution < 1.29 is 4.74 Å². The van der Waals surface area contributed by atoms with Crippen LogP contribution in [0, 0.1) is 11.3 Å². The molecule has 2 heterocycles. The van der Waals surface area contributed by atoms with E-state index in [1.807, 2.05) is 36.4 Å². The lowest BCUT2D eigenvalue weighted by Gasteiger charge is -2.14. The molecule has 1 aliphatic heterocycles. The highest BCUT2D eigenvalue weighted by Crippen LogP contribution is 2.46. The Bertz CT molecular complexity index is 2450. The molecule has 1 aliphatic carbocycles. The van der Waals surface area contributed by atoms with E-state index in [0.717, 1.165) is 33.4 Å². The number of nitriles is 1. The van der Waals surface area contributed by atoms with E-state index in [9.17, 15) is 5.26 Å². The minimum absolute atomic E-state index is 0.0494. The molecule has 6 aromatic carbocycles. The number of nitrogens with zero attached hydrogens (tertiary/aromatic N) is 4. The summed E-state index contributed by atoms with van der Waals surface area (Å²) in [5, 5.41) is 16.8. The van der Waals surface area contributed by atoms with Crippen LogP contribution in [0.25, 0.3) is 66.5 Å². The van der Waals surface area contributed by atoms with Crippen LogP contribution in [0.15, 0.2) is 133 Å². The fourth-order valence-electron chi connectivity index (χ4n) is 6.69. The Morgan fingerprint density at radius 3 is 2.16 bits per heavy atom. The Morgan fingerprint density at radius 1 is 0.578 bits per heavy atom. The largest absolute Gasteiger partial charge is 0.484 e. The van der Waals surface area contributed by atoms with Crippen LogP contribution in [0.2, 0.25) is 0 Å². The smallest absolute Gasteiger partial charge is 0.167 e. The summed E-state index contributed by atoms with van der Waals surface area (Å²) in [5.74, 6) is 2.56. The second kappa shape index (κ2) is 9.97. The molecule has 2 atom stereocenters. The highest BCUT2D eigenvalue weighted by molar-refractivity contribution is 6.17. The van der Waals surface area contributed by atoms with E-state index in [2.05, 4.69) is 97.1 Å². The zero-order valence-corrected chi connectivity index (χ0v) is 24.1. The monoisotopic (exact) mass is 576 g/mol. The van der Waals surface area contributed by atoms with E-state index in [1.165, 1.54) is 26.9 Å². The zero-order chi connectivity index (χ0) is 29.9. The molecule has 0 N–H and O–H groups in total. The number of fused-ring (bicyclic) bond motifs is 8. The highest BCUT2D eigenvalue weighted by atomic mass is 16.5. The van der Waals surface area contributed by atoms with Gasteiger partial charge in [0.15, 0.2) is 17.5 Å². The van der Waals surface area contributed by atoms with Gasteiger partial charge in [-0.1, -0.05) is 103 Å². The first kappa shape index (κ1) is 25.4. The van der Waals surface area contributed by atoms with Gasteiger partial charge in [-0.05, 0) is 62.7 Å². The van der Waals surface area contributed by atoms with Gasteiger partial charge in [0.2, 0.25) is 0 Å². The van der Waals surface area contributed by atoms with Crippen molar-refractivity contribution in [2.75, 3.05) is 0 Å². The van der Waals surface area contributed by atoms with Crippen LogP contribution in [0.5, 0.6) is 5.75 Å². The van der Waals surface area contributed by atoms with Crippen LogP contribution in [-0.2, 0) is 0 Å². The lowest BCUT2D eigenvalue weighted by Crippen LogP contribution is -2.15. The molecule has 0 bridgehead atoms. The van der Waals surface area contributed by atoms with E-state index in [4.69, 9.17) is 19.7 Å². The van der Waals surface area contributed by atoms with Crippen LogP contribution in [0.1, 0.15) is 17.0 Å². The molecular formula is C40H24N4O. The third kappa shape index (κ3) is 4.11. The van der Waals surface area contributed by atoms with Crippen molar-refractivity contribution in [3.05, 3.63) is 145 Å². The van der Waals surface area contributed by atoms with Gasteiger partial charge >= 0.3 is 0 Å². The van der Waals surface area contributed by atoms with Gasteiger partial charge in [0, 0.05) is 22.6 Å². The van der Waals surface area contributed by atoms with E-state index >= 15 is 0 Å². The molecule has 0 spiro atoms. The second-order valence-electron chi connectivity index (χ2n) is 11.5. The first-order valence-corrected chi connectivity index (χ1v) is 15.0. The summed E-state index contributed by atoms with van der Waals surface area (Å²) in [6, 6.07) is 39.4. The Kier molecular flexibility index (Phi) is 5.63. The normalized spacial score (nSPS) is 16.4. The molecule has 0 fully saturated rings. The molecule has 7 aromatic rings. The molecule has 2 unspecified atom stereocenters. The Balaban J connectivity index is 1.23. The minimum atomic E-state index is -0.0494. The molecule has 210 valence electrons. The maximum Gasteiger partial charge on any atom is 0.167 e. The van der Waals surface area contributed by atoms with Crippen LogP contribution in [-0.4, -0.2) is 21.1 Å². The van der Waals surface area contributed by atoms with Gasteiger partial charge in [-0.3, -0.25) is 0 Å². The summed E-state index contributed by atoms with van der Waals surface area (Å²) in [4.78, 5) is 15.0. The van der Waals surface area contributed by atoms with Crippen LogP contribution in [0.3, 0.4) is 0 Å². The SMILES string of the molecule is N#Cc1cccc(-c2nc(-c3ccc4c(ccc5c6ccccc6ccc45)c3)nc(-c3cccc4c3OC3C=CC=CC43)n2)c1. The average Bonchev–Trinajstić information content (AvgIpc) is 3.50. The van der Waals surface area contributed by atoms with E-state index in [1.54, 1.807) is 6.07 Å². The quantitative estimate of drug-likeness (QED) is 0.196. The molecule has 1 aromatic heterocycles. The van der Waals surface area contributed by atoms with E-state index in [-0.39, 0.29) is 12.0 Å². The summed E-state index contributed by atoms with van der Waals surface area (Å²) < 4.78 is 6.47. The van der Waals surface area contributed by atoms with Crippen LogP contribution in [0.4, 0.5) is 0 Å². The Labute approximate surface area is 259 Å². The Morgan fingerprint density at radius 2 is 1.29 bits per heavy atom. The number of rotatable bonds is 3. The van der Waals surface area contributed by atoms with Crippen molar-refractivity contribution in [1.82, 2.24) is 15.0 Å².